The Morgan fingerprint density at radius 2 is 2.00 bits per heavy atom. The smallest absolute Gasteiger partial charge is 0.273 e. The first-order valence-electron chi connectivity index (χ1n) is 10.9. The SMILES string of the molecule is C/N=C(/NC)NCCCC1(c2ccccc2)SC(c2cc(F)ccc2F)=NN1C(=O)[C@H](C)OC. The maximum absolute atomic E-state index is 14.7. The number of ether oxygens (including phenoxy) is 1. The number of nitrogens with zero attached hydrogens (tertiary/aromatic N) is 3. The summed E-state index contributed by atoms with van der Waals surface area (Å²) in [5, 5.41) is 12.3. The number of nitrogens with one attached hydrogen (secondary N) is 2. The maximum Gasteiger partial charge on any atom is 0.273 e. The molecular formula is C24H29F2N5O2S. The van der Waals surface area contributed by atoms with E-state index in [1.807, 2.05) is 30.3 Å². The number of hydrogen-bond donors (Lipinski definition) is 2. The summed E-state index contributed by atoms with van der Waals surface area (Å²) in [6.45, 7) is 2.21. The van der Waals surface area contributed by atoms with E-state index in [0.717, 1.165) is 23.8 Å². The molecule has 1 unspecified atom stereocenters. The number of rotatable bonds is 8. The topological polar surface area (TPSA) is 78.3 Å². The molecule has 0 bridgehead atoms. The van der Waals surface area contributed by atoms with E-state index in [4.69, 9.17) is 4.74 Å². The second-order valence-electron chi connectivity index (χ2n) is 7.66. The molecule has 1 aliphatic rings. The van der Waals surface area contributed by atoms with Gasteiger partial charge in [-0.3, -0.25) is 9.79 Å². The third kappa shape index (κ3) is 5.39. The molecule has 2 aromatic carbocycles. The predicted molar refractivity (Wildman–Crippen MR) is 132 cm³/mol. The third-order valence-corrected chi connectivity index (χ3v) is 6.98. The molecule has 3 rings (SSSR count). The summed E-state index contributed by atoms with van der Waals surface area (Å²) >= 11 is 1.24. The van der Waals surface area contributed by atoms with Gasteiger partial charge in [-0.05, 0) is 43.5 Å². The monoisotopic (exact) mass is 489 g/mol. The minimum Gasteiger partial charge on any atom is -0.372 e. The van der Waals surface area contributed by atoms with Gasteiger partial charge < -0.3 is 15.4 Å². The molecule has 182 valence electrons. The van der Waals surface area contributed by atoms with Gasteiger partial charge in [0.25, 0.3) is 5.91 Å². The largest absolute Gasteiger partial charge is 0.372 e. The number of amides is 1. The van der Waals surface area contributed by atoms with Crippen LogP contribution in [0.5, 0.6) is 0 Å². The average Bonchev–Trinajstić information content (AvgIpc) is 3.25. The number of carbonyl (C=O) groups excluding carboxylic acids is 1. The molecule has 34 heavy (non-hydrogen) atoms. The number of thioether (sulfide) groups is 1. The lowest BCUT2D eigenvalue weighted by Gasteiger charge is -2.37. The maximum atomic E-state index is 14.7. The summed E-state index contributed by atoms with van der Waals surface area (Å²) in [6.07, 6.45) is 0.356. The van der Waals surface area contributed by atoms with Crippen LogP contribution in [0, 0.1) is 11.6 Å². The van der Waals surface area contributed by atoms with Crippen molar-refractivity contribution in [2.75, 3.05) is 27.7 Å². The molecule has 1 heterocycles. The highest BCUT2D eigenvalue weighted by Crippen LogP contribution is 2.50. The summed E-state index contributed by atoms with van der Waals surface area (Å²) in [5.74, 6) is -0.914. The van der Waals surface area contributed by atoms with Crippen molar-refractivity contribution in [3.8, 4) is 0 Å². The van der Waals surface area contributed by atoms with Gasteiger partial charge in [-0.25, -0.2) is 13.8 Å². The van der Waals surface area contributed by atoms with Gasteiger partial charge in [0.15, 0.2) is 5.96 Å². The lowest BCUT2D eigenvalue weighted by molar-refractivity contribution is -0.144. The molecule has 1 aliphatic heterocycles. The summed E-state index contributed by atoms with van der Waals surface area (Å²) in [4.78, 5) is 16.5. The van der Waals surface area contributed by atoms with Crippen LogP contribution in [0.2, 0.25) is 0 Å². The fraction of sp³-hybridized carbons (Fsp3) is 0.375. The van der Waals surface area contributed by atoms with Gasteiger partial charge in [0.05, 0.1) is 0 Å². The van der Waals surface area contributed by atoms with Crippen molar-refractivity contribution in [1.29, 1.82) is 0 Å². The highest BCUT2D eigenvalue weighted by molar-refractivity contribution is 8.15. The zero-order valence-electron chi connectivity index (χ0n) is 19.6. The van der Waals surface area contributed by atoms with Crippen molar-refractivity contribution >= 4 is 28.7 Å². The number of guanidine groups is 1. The number of benzene rings is 2. The van der Waals surface area contributed by atoms with E-state index in [-0.39, 0.29) is 16.5 Å². The van der Waals surface area contributed by atoms with Crippen molar-refractivity contribution < 1.29 is 18.3 Å². The van der Waals surface area contributed by atoms with Crippen molar-refractivity contribution in [2.45, 2.75) is 30.7 Å². The summed E-state index contributed by atoms with van der Waals surface area (Å²) < 4.78 is 34.0. The Balaban J connectivity index is 2.04. The van der Waals surface area contributed by atoms with Crippen molar-refractivity contribution in [2.24, 2.45) is 10.1 Å². The number of methoxy groups -OCH3 is 1. The molecule has 2 atom stereocenters. The van der Waals surface area contributed by atoms with Crippen molar-refractivity contribution in [3.05, 3.63) is 71.3 Å². The fourth-order valence-electron chi connectivity index (χ4n) is 3.66. The van der Waals surface area contributed by atoms with Crippen LogP contribution in [0.15, 0.2) is 58.6 Å². The molecule has 0 saturated carbocycles. The second-order valence-corrected chi connectivity index (χ2v) is 8.93. The van der Waals surface area contributed by atoms with E-state index in [9.17, 15) is 13.6 Å². The van der Waals surface area contributed by atoms with Gasteiger partial charge in [0.2, 0.25) is 0 Å². The number of halogens is 2. The van der Waals surface area contributed by atoms with Crippen LogP contribution in [-0.4, -0.2) is 55.8 Å². The molecule has 0 aliphatic carbocycles. The van der Waals surface area contributed by atoms with Crippen LogP contribution in [0.25, 0.3) is 0 Å². The lowest BCUT2D eigenvalue weighted by atomic mass is 9.99. The molecule has 0 aromatic heterocycles. The highest BCUT2D eigenvalue weighted by atomic mass is 32.2. The van der Waals surface area contributed by atoms with Gasteiger partial charge in [-0.2, -0.15) is 5.10 Å². The summed E-state index contributed by atoms with van der Waals surface area (Å²) in [6, 6.07) is 12.7. The zero-order valence-corrected chi connectivity index (χ0v) is 20.5. The average molecular weight is 490 g/mol. The summed E-state index contributed by atoms with van der Waals surface area (Å²) in [5.41, 5.74) is 0.838. The van der Waals surface area contributed by atoms with E-state index in [2.05, 4.69) is 20.7 Å². The molecule has 0 radical (unpaired) electrons. The van der Waals surface area contributed by atoms with Crippen LogP contribution in [0.1, 0.15) is 30.9 Å². The second kappa shape index (κ2) is 11.4. The van der Waals surface area contributed by atoms with Crippen LogP contribution in [0.3, 0.4) is 0 Å². The Kier molecular flexibility index (Phi) is 8.62. The Hall–Kier alpha value is -2.98. The minimum absolute atomic E-state index is 0.0133. The Morgan fingerprint density at radius 1 is 1.26 bits per heavy atom. The normalized spacial score (nSPS) is 19.1. The van der Waals surface area contributed by atoms with Gasteiger partial charge in [-0.15, -0.1) is 0 Å². The first kappa shape index (κ1) is 25.6. The van der Waals surface area contributed by atoms with Crippen LogP contribution < -0.4 is 10.6 Å². The zero-order chi connectivity index (χ0) is 24.7. The van der Waals surface area contributed by atoms with E-state index in [0.29, 0.717) is 25.3 Å². The standard InChI is InChI=1S/C24H29F2N5O2S/c1-16(33-4)22(32)31-24(17-9-6-5-7-10-17,13-8-14-29-23(27-2)28-3)34-21(30-31)19-15-18(25)11-12-20(19)26/h5-7,9-12,15-16H,8,13-14H2,1-4H3,(H2,27,28,29)/t16-,24?/m0/s1. The Morgan fingerprint density at radius 3 is 2.65 bits per heavy atom. The molecule has 0 spiro atoms. The molecular weight excluding hydrogens is 460 g/mol. The molecule has 7 nitrogen and oxygen atoms in total. The van der Waals surface area contributed by atoms with Gasteiger partial charge in [-0.1, -0.05) is 42.1 Å². The minimum atomic E-state index is -0.968. The van der Waals surface area contributed by atoms with E-state index >= 15 is 0 Å². The molecule has 1 amide bonds. The van der Waals surface area contributed by atoms with Gasteiger partial charge >= 0.3 is 0 Å². The number of hydrogen-bond acceptors (Lipinski definition) is 5. The lowest BCUT2D eigenvalue weighted by Crippen LogP contribution is -2.46. The Labute approximate surface area is 202 Å². The van der Waals surface area contributed by atoms with E-state index in [1.165, 1.54) is 23.9 Å². The van der Waals surface area contributed by atoms with E-state index < -0.39 is 22.6 Å². The highest BCUT2D eigenvalue weighted by Gasteiger charge is 2.49. The first-order chi connectivity index (χ1) is 16.4. The van der Waals surface area contributed by atoms with Crippen LogP contribution in [0.4, 0.5) is 8.78 Å². The van der Waals surface area contributed by atoms with Crippen molar-refractivity contribution in [3.63, 3.8) is 0 Å². The van der Waals surface area contributed by atoms with Crippen LogP contribution in [-0.2, 0) is 14.4 Å². The Bertz CT molecular complexity index is 1070. The molecule has 0 saturated heterocycles. The number of hydrazone groups is 1. The molecule has 2 N–H and O–H groups in total. The quantitative estimate of drug-likeness (QED) is 0.336. The van der Waals surface area contributed by atoms with Gasteiger partial charge in [0.1, 0.15) is 27.7 Å². The predicted octanol–water partition coefficient (Wildman–Crippen LogP) is 3.66. The molecule has 10 heteroatoms. The van der Waals surface area contributed by atoms with Crippen LogP contribution >= 0.6 is 11.8 Å². The van der Waals surface area contributed by atoms with Gasteiger partial charge in [0, 0.05) is 33.3 Å². The molecule has 2 aromatic rings. The number of carbonyl (C=O) groups is 1. The van der Waals surface area contributed by atoms with Crippen molar-refractivity contribution in [1.82, 2.24) is 15.6 Å². The molecule has 0 fully saturated rings. The fourth-order valence-corrected chi connectivity index (χ4v) is 5.09. The summed E-state index contributed by atoms with van der Waals surface area (Å²) in [7, 11) is 4.89. The van der Waals surface area contributed by atoms with E-state index in [1.54, 1.807) is 21.0 Å². The third-order valence-electron chi connectivity index (χ3n) is 5.54. The first-order valence-corrected chi connectivity index (χ1v) is 11.7. The number of aliphatic imine (C=N–C) groups is 1.